The number of aromatic nitrogens is 1. The lowest BCUT2D eigenvalue weighted by atomic mass is 9.86. The van der Waals surface area contributed by atoms with Crippen LogP contribution in [-0.4, -0.2) is 71.0 Å². The number of hydrogen-bond acceptors (Lipinski definition) is 5. The molecule has 1 saturated heterocycles. The molecule has 1 aliphatic rings. The molecule has 3 aromatic rings. The zero-order valence-electron chi connectivity index (χ0n) is 25.3. The monoisotopic (exact) mass is 687 g/mol. The van der Waals surface area contributed by atoms with Crippen LogP contribution in [0.1, 0.15) is 44.7 Å². The average Bonchev–Trinajstić information content (AvgIpc) is 3.37. The molecule has 0 saturated carbocycles. The summed E-state index contributed by atoms with van der Waals surface area (Å²) in [6.07, 6.45) is 4.47. The highest BCUT2D eigenvalue weighted by Crippen LogP contribution is 2.25. The van der Waals surface area contributed by atoms with Gasteiger partial charge in [-0.3, -0.25) is 14.4 Å². The molecule has 1 aromatic heterocycles. The van der Waals surface area contributed by atoms with E-state index in [-0.39, 0.29) is 55.2 Å². The lowest BCUT2D eigenvalue weighted by molar-refractivity contribution is -0.138. The fourth-order valence-corrected chi connectivity index (χ4v) is 5.42. The Kier molecular flexibility index (Phi) is 10.6. The minimum atomic E-state index is -1.33. The van der Waals surface area contributed by atoms with E-state index >= 15 is 0 Å². The van der Waals surface area contributed by atoms with E-state index in [1.54, 1.807) is 33.0 Å². The van der Waals surface area contributed by atoms with Crippen LogP contribution < -0.4 is 16.0 Å². The van der Waals surface area contributed by atoms with Gasteiger partial charge >= 0.3 is 6.09 Å². The van der Waals surface area contributed by atoms with E-state index in [2.05, 4.69) is 36.9 Å². The molecule has 0 atom stereocenters. The van der Waals surface area contributed by atoms with Crippen molar-refractivity contribution in [3.8, 4) is 0 Å². The summed E-state index contributed by atoms with van der Waals surface area (Å²) in [6, 6.07) is 8.74. The summed E-state index contributed by atoms with van der Waals surface area (Å²) >= 11 is 3.12. The number of benzene rings is 2. The smallest absolute Gasteiger partial charge is 0.408 e. The predicted molar refractivity (Wildman–Crippen MR) is 169 cm³/mol. The second-order valence-corrected chi connectivity index (χ2v) is 12.7. The van der Waals surface area contributed by atoms with Crippen molar-refractivity contribution in [2.45, 2.75) is 51.2 Å². The van der Waals surface area contributed by atoms with Gasteiger partial charge in [-0.05, 0) is 103 Å². The Morgan fingerprint density at radius 2 is 1.80 bits per heavy atom. The molecule has 13 heteroatoms. The van der Waals surface area contributed by atoms with E-state index in [0.717, 1.165) is 16.5 Å². The number of carbonyl (C=O) groups excluding carboxylic acids is 4. The van der Waals surface area contributed by atoms with Crippen molar-refractivity contribution in [1.29, 1.82) is 0 Å². The molecule has 0 bridgehead atoms. The summed E-state index contributed by atoms with van der Waals surface area (Å²) < 4.78 is 32.8. The molecule has 0 spiro atoms. The Morgan fingerprint density at radius 1 is 1.07 bits per heavy atom. The van der Waals surface area contributed by atoms with Crippen LogP contribution >= 0.6 is 15.9 Å². The highest BCUT2D eigenvalue weighted by molar-refractivity contribution is 9.10. The maximum atomic E-state index is 13.8. The number of likely N-dealkylation sites (tertiary alicyclic amines) is 1. The van der Waals surface area contributed by atoms with Gasteiger partial charge in [0.2, 0.25) is 17.7 Å². The number of amides is 4. The second kappa shape index (κ2) is 14.2. The van der Waals surface area contributed by atoms with E-state index < -0.39 is 34.9 Å². The molecule has 1 fully saturated rings. The molecule has 0 radical (unpaired) electrons. The van der Waals surface area contributed by atoms with Crippen LogP contribution in [0.5, 0.6) is 0 Å². The number of rotatable bonds is 9. The van der Waals surface area contributed by atoms with Gasteiger partial charge in [-0.1, -0.05) is 6.07 Å². The first-order chi connectivity index (χ1) is 21.2. The minimum absolute atomic E-state index is 0.122. The summed E-state index contributed by atoms with van der Waals surface area (Å²) in [4.78, 5) is 56.1. The standard InChI is InChI=1S/C32H36BrF2N5O5/c1-31(2,3)45-30(44)38-19-28(42)40-14-11-32(12-15-40,39-27(41)9-5-20-4-7-25(35)24(33)16-20)29(43)36-13-10-21-18-37-26-8-6-22(34)17-23(21)26/h4-9,16-18,37H,10-15,19H2,1-3H3,(H,36,43)(H,38,44)(H,39,41)/b9-5+. The van der Waals surface area contributed by atoms with Crippen molar-refractivity contribution >= 4 is 56.7 Å². The van der Waals surface area contributed by atoms with E-state index in [0.29, 0.717) is 12.0 Å². The Balaban J connectivity index is 1.42. The summed E-state index contributed by atoms with van der Waals surface area (Å²) in [5.41, 5.74) is 0.140. The third kappa shape index (κ3) is 9.13. The SMILES string of the molecule is CC(C)(C)OC(=O)NCC(=O)N1CCC(NC(=O)/C=C/c2ccc(F)c(Br)c2)(C(=O)NCCc2c[nH]c3ccc(F)cc23)CC1. The molecule has 4 N–H and O–H groups in total. The van der Waals surface area contributed by atoms with Gasteiger partial charge in [0.25, 0.3) is 0 Å². The molecule has 0 aliphatic carbocycles. The van der Waals surface area contributed by atoms with Crippen molar-refractivity contribution in [3.05, 3.63) is 75.9 Å². The predicted octanol–water partition coefficient (Wildman–Crippen LogP) is 4.58. The number of H-pyrrole nitrogens is 1. The summed E-state index contributed by atoms with van der Waals surface area (Å²) in [7, 11) is 0. The highest BCUT2D eigenvalue weighted by atomic mass is 79.9. The number of piperidine rings is 1. The van der Waals surface area contributed by atoms with E-state index in [1.807, 2.05) is 0 Å². The van der Waals surface area contributed by atoms with Crippen LogP contribution in [0.15, 0.2) is 53.1 Å². The van der Waals surface area contributed by atoms with E-state index in [9.17, 15) is 28.0 Å². The molecule has 45 heavy (non-hydrogen) atoms. The van der Waals surface area contributed by atoms with Gasteiger partial charge in [0.05, 0.1) is 4.47 Å². The second-order valence-electron chi connectivity index (χ2n) is 11.8. The first kappa shape index (κ1) is 33.6. The Labute approximate surface area is 268 Å². The van der Waals surface area contributed by atoms with Crippen molar-refractivity contribution < 1.29 is 32.7 Å². The third-order valence-corrected chi connectivity index (χ3v) is 7.94. The van der Waals surface area contributed by atoms with Crippen molar-refractivity contribution in [1.82, 2.24) is 25.8 Å². The molecule has 10 nitrogen and oxygen atoms in total. The number of carbonyl (C=O) groups is 4. The lowest BCUT2D eigenvalue weighted by Gasteiger charge is -2.41. The van der Waals surface area contributed by atoms with Crippen molar-refractivity contribution in [2.24, 2.45) is 0 Å². The lowest BCUT2D eigenvalue weighted by Crippen LogP contribution is -2.64. The molecule has 2 heterocycles. The summed E-state index contributed by atoms with van der Waals surface area (Å²) in [5, 5.41) is 8.90. The fourth-order valence-electron chi connectivity index (χ4n) is 5.02. The number of halogens is 3. The number of alkyl carbamates (subject to hydrolysis) is 1. The van der Waals surface area contributed by atoms with Gasteiger partial charge in [0, 0.05) is 42.8 Å². The van der Waals surface area contributed by atoms with Gasteiger partial charge in [-0.2, -0.15) is 0 Å². The van der Waals surface area contributed by atoms with Crippen LogP contribution in [-0.2, 0) is 25.5 Å². The molecular weight excluding hydrogens is 652 g/mol. The number of nitrogens with zero attached hydrogens (tertiary/aromatic N) is 1. The maximum absolute atomic E-state index is 13.8. The molecular formula is C32H36BrF2N5O5. The minimum Gasteiger partial charge on any atom is -0.444 e. The van der Waals surface area contributed by atoms with E-state index in [4.69, 9.17) is 4.74 Å². The Hall–Kier alpha value is -4.26. The van der Waals surface area contributed by atoms with Crippen LogP contribution in [0, 0.1) is 11.6 Å². The molecule has 4 amide bonds. The summed E-state index contributed by atoms with van der Waals surface area (Å²) in [6.45, 7) is 5.39. The Bertz CT molecular complexity index is 1610. The zero-order chi connectivity index (χ0) is 32.8. The maximum Gasteiger partial charge on any atom is 0.408 e. The van der Waals surface area contributed by atoms with Crippen LogP contribution in [0.25, 0.3) is 17.0 Å². The van der Waals surface area contributed by atoms with E-state index in [1.165, 1.54) is 47.4 Å². The Morgan fingerprint density at radius 3 is 2.49 bits per heavy atom. The number of fused-ring (bicyclic) bond motifs is 1. The largest absolute Gasteiger partial charge is 0.444 e. The van der Waals surface area contributed by atoms with Crippen molar-refractivity contribution in [3.63, 3.8) is 0 Å². The fraction of sp³-hybridized carbons (Fsp3) is 0.375. The van der Waals surface area contributed by atoms with Gasteiger partial charge in [-0.15, -0.1) is 0 Å². The van der Waals surface area contributed by atoms with Crippen LogP contribution in [0.2, 0.25) is 0 Å². The number of nitrogens with one attached hydrogen (secondary N) is 4. The summed E-state index contributed by atoms with van der Waals surface area (Å²) in [5.74, 6) is -2.11. The van der Waals surface area contributed by atoms with Gasteiger partial charge in [0.1, 0.15) is 29.3 Å². The molecule has 2 aromatic carbocycles. The zero-order valence-corrected chi connectivity index (χ0v) is 26.9. The molecule has 240 valence electrons. The highest BCUT2D eigenvalue weighted by Gasteiger charge is 2.43. The van der Waals surface area contributed by atoms with Gasteiger partial charge < -0.3 is 30.6 Å². The average molecular weight is 689 g/mol. The number of aromatic amines is 1. The van der Waals surface area contributed by atoms with Gasteiger partial charge in [0.15, 0.2) is 0 Å². The topological polar surface area (TPSA) is 133 Å². The van der Waals surface area contributed by atoms with Crippen LogP contribution in [0.3, 0.4) is 0 Å². The number of ether oxygens (including phenoxy) is 1. The van der Waals surface area contributed by atoms with Gasteiger partial charge in [-0.25, -0.2) is 13.6 Å². The molecule has 0 unspecified atom stereocenters. The number of hydrogen-bond donors (Lipinski definition) is 4. The quantitative estimate of drug-likeness (QED) is 0.245. The molecule has 1 aliphatic heterocycles. The molecule has 4 rings (SSSR count). The first-order valence-corrected chi connectivity index (χ1v) is 15.3. The normalized spacial score (nSPS) is 14.8. The third-order valence-electron chi connectivity index (χ3n) is 7.33. The first-order valence-electron chi connectivity index (χ1n) is 14.5. The van der Waals surface area contributed by atoms with Crippen LogP contribution in [0.4, 0.5) is 13.6 Å². The van der Waals surface area contributed by atoms with Crippen molar-refractivity contribution in [2.75, 3.05) is 26.2 Å².